The van der Waals surface area contributed by atoms with E-state index < -0.39 is 20.9 Å². The Kier molecular flexibility index (Phi) is 5.26. The molecule has 0 aliphatic carbocycles. The van der Waals surface area contributed by atoms with Gasteiger partial charge in [0, 0.05) is 24.4 Å². The Morgan fingerprint density at radius 2 is 2.00 bits per heavy atom. The van der Waals surface area contributed by atoms with Crippen molar-refractivity contribution in [3.05, 3.63) is 35.1 Å². The predicted molar refractivity (Wildman–Crippen MR) is 76.3 cm³/mol. The highest BCUT2D eigenvalue weighted by Gasteiger charge is 2.25. The molecular weight excluding hydrogens is 279 g/mol. The molecule has 0 amide bonds. The Hall–Kier alpha value is -1.45. The first kappa shape index (κ1) is 16.6. The molecule has 1 aromatic rings. The van der Waals surface area contributed by atoms with E-state index in [0.29, 0.717) is 12.1 Å². The second-order valence-corrected chi connectivity index (χ2v) is 7.51. The molecule has 0 aliphatic rings. The van der Waals surface area contributed by atoms with Crippen LogP contribution in [0.2, 0.25) is 0 Å². The summed E-state index contributed by atoms with van der Waals surface area (Å²) < 4.78 is 36.9. The monoisotopic (exact) mass is 298 g/mol. The fraction of sp³-hybridized carbons (Fsp3) is 0.500. The van der Waals surface area contributed by atoms with E-state index in [4.69, 9.17) is 5.26 Å². The van der Waals surface area contributed by atoms with Crippen molar-refractivity contribution in [1.29, 1.82) is 5.26 Å². The molecule has 2 atom stereocenters. The van der Waals surface area contributed by atoms with Gasteiger partial charge in [0.2, 0.25) is 0 Å². The highest BCUT2D eigenvalue weighted by atomic mass is 32.2. The zero-order valence-corrected chi connectivity index (χ0v) is 12.9. The molecule has 20 heavy (non-hydrogen) atoms. The van der Waals surface area contributed by atoms with Gasteiger partial charge in [-0.3, -0.25) is 4.90 Å². The van der Waals surface area contributed by atoms with Crippen LogP contribution in [0.25, 0.3) is 0 Å². The van der Waals surface area contributed by atoms with E-state index in [1.54, 1.807) is 37.9 Å². The lowest BCUT2D eigenvalue weighted by Gasteiger charge is -2.29. The van der Waals surface area contributed by atoms with Crippen LogP contribution in [0, 0.1) is 17.1 Å². The van der Waals surface area contributed by atoms with Gasteiger partial charge in [0.15, 0.2) is 9.84 Å². The Morgan fingerprint density at radius 1 is 1.40 bits per heavy atom. The van der Waals surface area contributed by atoms with Crippen molar-refractivity contribution in [2.24, 2.45) is 0 Å². The van der Waals surface area contributed by atoms with Gasteiger partial charge in [0.25, 0.3) is 0 Å². The molecule has 4 nitrogen and oxygen atoms in total. The number of benzene rings is 1. The molecule has 6 heteroatoms. The van der Waals surface area contributed by atoms with Crippen LogP contribution >= 0.6 is 0 Å². The Balaban J connectivity index is 2.86. The normalized spacial score (nSPS) is 14.8. The molecule has 0 aromatic heterocycles. The van der Waals surface area contributed by atoms with E-state index in [0.717, 1.165) is 0 Å². The van der Waals surface area contributed by atoms with Crippen LogP contribution in [0.15, 0.2) is 18.2 Å². The second-order valence-electron chi connectivity index (χ2n) is 5.11. The molecule has 0 aliphatic heterocycles. The van der Waals surface area contributed by atoms with E-state index in [1.165, 1.54) is 12.3 Å². The third-order valence-corrected chi connectivity index (χ3v) is 5.40. The van der Waals surface area contributed by atoms with E-state index in [-0.39, 0.29) is 11.6 Å². The van der Waals surface area contributed by atoms with Crippen molar-refractivity contribution >= 4 is 9.84 Å². The van der Waals surface area contributed by atoms with Crippen molar-refractivity contribution < 1.29 is 12.8 Å². The molecule has 0 fully saturated rings. The van der Waals surface area contributed by atoms with Gasteiger partial charge in [0.1, 0.15) is 5.82 Å². The summed E-state index contributed by atoms with van der Waals surface area (Å²) in [6.45, 7) is 3.73. The zero-order valence-electron chi connectivity index (χ0n) is 12.1. The van der Waals surface area contributed by atoms with Crippen LogP contribution in [0.4, 0.5) is 4.39 Å². The Labute approximate surface area is 119 Å². The summed E-state index contributed by atoms with van der Waals surface area (Å²) in [7, 11) is -1.38. The average molecular weight is 298 g/mol. The van der Waals surface area contributed by atoms with Crippen molar-refractivity contribution in [2.45, 2.75) is 31.7 Å². The molecule has 110 valence electrons. The summed E-state index contributed by atoms with van der Waals surface area (Å²) in [5, 5.41) is 8.16. The first-order valence-corrected chi connectivity index (χ1v) is 8.20. The highest BCUT2D eigenvalue weighted by molar-refractivity contribution is 7.91. The summed E-state index contributed by atoms with van der Waals surface area (Å²) >= 11 is 0. The summed E-state index contributed by atoms with van der Waals surface area (Å²) in [4.78, 5) is 1.79. The second kappa shape index (κ2) is 6.33. The lowest BCUT2D eigenvalue weighted by molar-refractivity contribution is 0.242. The Bertz CT molecular complexity index is 623. The molecule has 0 N–H and O–H groups in total. The van der Waals surface area contributed by atoms with Crippen LogP contribution in [-0.2, 0) is 16.4 Å². The number of hydrogen-bond acceptors (Lipinski definition) is 4. The largest absolute Gasteiger partial charge is 0.298 e. The molecule has 0 radical (unpaired) electrons. The number of sulfone groups is 1. The quantitative estimate of drug-likeness (QED) is 0.833. The van der Waals surface area contributed by atoms with Gasteiger partial charge in [-0.15, -0.1) is 0 Å². The average Bonchev–Trinajstić information content (AvgIpc) is 2.38. The molecule has 1 rings (SSSR count). The van der Waals surface area contributed by atoms with Gasteiger partial charge in [-0.25, -0.2) is 12.8 Å². The fourth-order valence-electron chi connectivity index (χ4n) is 1.87. The van der Waals surface area contributed by atoms with Crippen molar-refractivity contribution in [3.63, 3.8) is 0 Å². The van der Waals surface area contributed by atoms with Crippen LogP contribution in [0.5, 0.6) is 0 Å². The third-order valence-electron chi connectivity index (χ3n) is 3.65. The summed E-state index contributed by atoms with van der Waals surface area (Å²) in [6.07, 6.45) is 1.20. The molecule has 0 heterocycles. The van der Waals surface area contributed by atoms with Crippen molar-refractivity contribution in [3.8, 4) is 6.07 Å². The van der Waals surface area contributed by atoms with Gasteiger partial charge >= 0.3 is 0 Å². The maximum atomic E-state index is 13.8. The number of rotatable bonds is 5. The summed E-state index contributed by atoms with van der Waals surface area (Å²) in [6, 6.07) is 5.94. The first-order chi connectivity index (χ1) is 9.16. The molecule has 0 spiro atoms. The minimum absolute atomic E-state index is 0.236. The summed E-state index contributed by atoms with van der Waals surface area (Å²) in [5.74, 6) is -0.449. The molecule has 0 unspecified atom stereocenters. The van der Waals surface area contributed by atoms with E-state index in [9.17, 15) is 12.8 Å². The van der Waals surface area contributed by atoms with Crippen LogP contribution in [0.1, 0.15) is 25.0 Å². The van der Waals surface area contributed by atoms with Crippen LogP contribution in [0.3, 0.4) is 0 Å². The number of halogens is 1. The topological polar surface area (TPSA) is 61.2 Å². The van der Waals surface area contributed by atoms with Gasteiger partial charge in [-0.1, -0.05) is 6.07 Å². The van der Waals surface area contributed by atoms with E-state index in [2.05, 4.69) is 0 Å². The van der Waals surface area contributed by atoms with Crippen molar-refractivity contribution in [2.75, 3.05) is 13.3 Å². The van der Waals surface area contributed by atoms with Gasteiger partial charge in [-0.2, -0.15) is 5.26 Å². The predicted octanol–water partition coefficient (Wildman–Crippen LogP) is 1.95. The minimum Gasteiger partial charge on any atom is -0.298 e. The standard InChI is InChI=1S/C14H19FN2O2S/c1-10(11(2)20(4,18)19)17(3)9-13-6-5-12(8-16)7-14(13)15/h5-7,10-11H,9H2,1-4H3/t10-,11-/m1/s1. The number of hydrogen-bond donors (Lipinski definition) is 0. The maximum absolute atomic E-state index is 13.8. The summed E-state index contributed by atoms with van der Waals surface area (Å²) in [5.41, 5.74) is 0.713. The van der Waals surface area contributed by atoms with E-state index in [1.807, 2.05) is 6.07 Å². The fourth-order valence-corrected chi connectivity index (χ4v) is 2.80. The van der Waals surface area contributed by atoms with Crippen LogP contribution in [-0.4, -0.2) is 37.9 Å². The lowest BCUT2D eigenvalue weighted by Crippen LogP contribution is -2.41. The third kappa shape index (κ3) is 4.02. The zero-order chi connectivity index (χ0) is 15.5. The molecule has 0 bridgehead atoms. The molecule has 1 aromatic carbocycles. The van der Waals surface area contributed by atoms with Gasteiger partial charge in [-0.05, 0) is 33.0 Å². The maximum Gasteiger partial charge on any atom is 0.151 e. The SMILES string of the molecule is C[C@H]([C@@H](C)S(C)(=O)=O)N(C)Cc1ccc(C#N)cc1F. The molecule has 0 saturated heterocycles. The minimum atomic E-state index is -3.14. The van der Waals surface area contributed by atoms with E-state index >= 15 is 0 Å². The first-order valence-electron chi connectivity index (χ1n) is 6.24. The van der Waals surface area contributed by atoms with Crippen molar-refractivity contribution in [1.82, 2.24) is 4.90 Å². The lowest BCUT2D eigenvalue weighted by atomic mass is 10.1. The molecule has 0 saturated carbocycles. The van der Waals surface area contributed by atoms with Crippen LogP contribution < -0.4 is 0 Å². The van der Waals surface area contributed by atoms with Gasteiger partial charge < -0.3 is 0 Å². The van der Waals surface area contributed by atoms with Gasteiger partial charge in [0.05, 0.1) is 16.9 Å². The number of nitriles is 1. The Morgan fingerprint density at radius 3 is 2.45 bits per heavy atom. The highest BCUT2D eigenvalue weighted by Crippen LogP contribution is 2.16. The number of nitrogens with zero attached hydrogens (tertiary/aromatic N) is 2. The molecular formula is C14H19FN2O2S. The smallest absolute Gasteiger partial charge is 0.151 e.